The maximum Gasteiger partial charge on any atom is 0.358 e. The molecule has 0 bridgehead atoms. The first-order chi connectivity index (χ1) is 8.54. The van der Waals surface area contributed by atoms with Crippen LogP contribution in [0.5, 0.6) is 0 Å². The molecular weight excluding hydrogens is 244 g/mol. The van der Waals surface area contributed by atoms with Gasteiger partial charge in [-0.25, -0.2) is 18.6 Å². The predicted octanol–water partition coefficient (Wildman–Crippen LogP) is 1.53. The molecule has 18 heavy (non-hydrogen) atoms. The Balaban J connectivity index is 3.43. The van der Waals surface area contributed by atoms with Crippen molar-refractivity contribution in [3.05, 3.63) is 28.6 Å². The standard InChI is InChI=1S/C11H11F2N3O2/c1-2-18-11(17)9-8(5-15)7(10(12)13)3-6(4-14)16-9/h3,10H,2,4,14H2,1H3. The number of nitrogens with two attached hydrogens (primary N) is 1. The number of halogens is 2. The fourth-order valence-corrected chi connectivity index (χ4v) is 1.36. The zero-order valence-electron chi connectivity index (χ0n) is 9.61. The summed E-state index contributed by atoms with van der Waals surface area (Å²) >= 11 is 0. The number of pyridine rings is 1. The van der Waals surface area contributed by atoms with E-state index in [0.717, 1.165) is 6.07 Å². The summed E-state index contributed by atoms with van der Waals surface area (Å²) in [5, 5.41) is 8.87. The summed E-state index contributed by atoms with van der Waals surface area (Å²) in [6.45, 7) is 1.50. The van der Waals surface area contributed by atoms with Crippen molar-refractivity contribution in [1.29, 1.82) is 5.26 Å². The van der Waals surface area contributed by atoms with Crippen LogP contribution in [-0.2, 0) is 11.3 Å². The van der Waals surface area contributed by atoms with Gasteiger partial charge in [-0.2, -0.15) is 5.26 Å². The Hall–Kier alpha value is -2.07. The summed E-state index contributed by atoms with van der Waals surface area (Å²) < 4.78 is 30.2. The number of hydrogen-bond acceptors (Lipinski definition) is 5. The van der Waals surface area contributed by atoms with Crippen molar-refractivity contribution in [3.8, 4) is 6.07 Å². The van der Waals surface area contributed by atoms with Gasteiger partial charge >= 0.3 is 5.97 Å². The molecule has 0 aliphatic carbocycles. The number of carbonyl (C=O) groups excluding carboxylic acids is 1. The lowest BCUT2D eigenvalue weighted by molar-refractivity contribution is 0.0518. The van der Waals surface area contributed by atoms with Crippen molar-refractivity contribution in [3.63, 3.8) is 0 Å². The molecule has 2 N–H and O–H groups in total. The second-order valence-electron chi connectivity index (χ2n) is 3.26. The number of hydrogen-bond donors (Lipinski definition) is 1. The molecule has 0 unspecified atom stereocenters. The highest BCUT2D eigenvalue weighted by molar-refractivity contribution is 5.90. The van der Waals surface area contributed by atoms with Crippen molar-refractivity contribution in [2.45, 2.75) is 19.9 Å². The highest BCUT2D eigenvalue weighted by atomic mass is 19.3. The minimum absolute atomic E-state index is 0.0578. The molecule has 1 aromatic heterocycles. The van der Waals surface area contributed by atoms with E-state index in [1.807, 2.05) is 0 Å². The van der Waals surface area contributed by atoms with Gasteiger partial charge in [-0.3, -0.25) is 0 Å². The number of nitriles is 1. The van der Waals surface area contributed by atoms with E-state index in [4.69, 9.17) is 11.0 Å². The minimum atomic E-state index is -2.89. The van der Waals surface area contributed by atoms with Crippen molar-refractivity contribution in [2.75, 3.05) is 6.61 Å². The lowest BCUT2D eigenvalue weighted by Gasteiger charge is -2.09. The van der Waals surface area contributed by atoms with Gasteiger partial charge in [0, 0.05) is 12.1 Å². The monoisotopic (exact) mass is 255 g/mol. The second-order valence-corrected chi connectivity index (χ2v) is 3.26. The first-order valence-electron chi connectivity index (χ1n) is 5.14. The fraction of sp³-hybridized carbons (Fsp3) is 0.364. The van der Waals surface area contributed by atoms with Crippen LogP contribution in [-0.4, -0.2) is 17.6 Å². The molecule has 0 aliphatic rings. The first-order valence-corrected chi connectivity index (χ1v) is 5.14. The van der Waals surface area contributed by atoms with Gasteiger partial charge in [-0.1, -0.05) is 0 Å². The van der Waals surface area contributed by atoms with Crippen molar-refractivity contribution in [2.24, 2.45) is 5.73 Å². The van der Waals surface area contributed by atoms with Gasteiger partial charge in [-0.05, 0) is 13.0 Å². The second kappa shape index (κ2) is 6.02. The number of alkyl halides is 2. The summed E-state index contributed by atoms with van der Waals surface area (Å²) in [6.07, 6.45) is -2.89. The molecule has 0 atom stereocenters. The smallest absolute Gasteiger partial charge is 0.358 e. The molecule has 0 aromatic carbocycles. The minimum Gasteiger partial charge on any atom is -0.461 e. The summed E-state index contributed by atoms with van der Waals surface area (Å²) in [5.41, 5.74) is 3.97. The Kier molecular flexibility index (Phi) is 4.68. The Morgan fingerprint density at radius 2 is 2.33 bits per heavy atom. The van der Waals surface area contributed by atoms with Crippen molar-refractivity contribution >= 4 is 5.97 Å². The highest BCUT2D eigenvalue weighted by Gasteiger charge is 2.23. The topological polar surface area (TPSA) is 89.0 Å². The normalized spacial score (nSPS) is 10.2. The van der Waals surface area contributed by atoms with Crippen LogP contribution in [0.25, 0.3) is 0 Å². The zero-order valence-corrected chi connectivity index (χ0v) is 9.61. The van der Waals surface area contributed by atoms with E-state index >= 15 is 0 Å². The molecule has 0 spiro atoms. The Bertz CT molecular complexity index is 498. The van der Waals surface area contributed by atoms with Gasteiger partial charge in [0.2, 0.25) is 0 Å². The van der Waals surface area contributed by atoms with Gasteiger partial charge in [0.15, 0.2) is 5.69 Å². The number of rotatable bonds is 4. The van der Waals surface area contributed by atoms with E-state index in [1.165, 1.54) is 0 Å². The van der Waals surface area contributed by atoms with Crippen LogP contribution >= 0.6 is 0 Å². The fourth-order valence-electron chi connectivity index (χ4n) is 1.36. The Labute approximate surface area is 102 Å². The molecule has 0 aliphatic heterocycles. The van der Waals surface area contributed by atoms with E-state index in [1.54, 1.807) is 13.0 Å². The third kappa shape index (κ3) is 2.78. The van der Waals surface area contributed by atoms with E-state index in [-0.39, 0.29) is 18.8 Å². The maximum atomic E-state index is 12.8. The molecule has 5 nitrogen and oxygen atoms in total. The quantitative estimate of drug-likeness (QED) is 0.824. The zero-order chi connectivity index (χ0) is 13.7. The maximum absolute atomic E-state index is 12.8. The number of ether oxygens (including phenoxy) is 1. The SMILES string of the molecule is CCOC(=O)c1nc(CN)cc(C(F)F)c1C#N. The number of carbonyl (C=O) groups is 1. The van der Waals surface area contributed by atoms with Crippen LogP contribution in [0.4, 0.5) is 8.78 Å². The Morgan fingerprint density at radius 1 is 1.67 bits per heavy atom. The molecule has 0 fully saturated rings. The highest BCUT2D eigenvalue weighted by Crippen LogP contribution is 2.25. The molecule has 1 rings (SSSR count). The third-order valence-electron chi connectivity index (χ3n) is 2.13. The summed E-state index contributed by atoms with van der Waals surface area (Å²) in [6, 6.07) is 2.57. The van der Waals surface area contributed by atoms with Crippen LogP contribution < -0.4 is 5.73 Å². The summed E-state index contributed by atoms with van der Waals surface area (Å²) in [7, 11) is 0. The molecule has 0 radical (unpaired) electrons. The van der Waals surface area contributed by atoms with Crippen LogP contribution in [0.3, 0.4) is 0 Å². The van der Waals surface area contributed by atoms with E-state index in [9.17, 15) is 13.6 Å². The van der Waals surface area contributed by atoms with Gasteiger partial charge in [0.05, 0.1) is 17.9 Å². The largest absolute Gasteiger partial charge is 0.461 e. The summed E-state index contributed by atoms with van der Waals surface area (Å²) in [5.74, 6) is -0.911. The van der Waals surface area contributed by atoms with Crippen molar-refractivity contribution < 1.29 is 18.3 Å². The number of aromatic nitrogens is 1. The lowest BCUT2D eigenvalue weighted by Crippen LogP contribution is -2.14. The molecule has 0 saturated carbocycles. The number of esters is 1. The van der Waals surface area contributed by atoms with E-state index < -0.39 is 29.2 Å². The molecule has 0 amide bonds. The number of nitrogens with zero attached hydrogens (tertiary/aromatic N) is 2. The molecule has 0 saturated heterocycles. The van der Waals surface area contributed by atoms with Gasteiger partial charge in [-0.15, -0.1) is 0 Å². The average Bonchev–Trinajstić information content (AvgIpc) is 2.37. The average molecular weight is 255 g/mol. The lowest BCUT2D eigenvalue weighted by atomic mass is 10.1. The van der Waals surface area contributed by atoms with E-state index in [2.05, 4.69) is 9.72 Å². The molecule has 1 aromatic rings. The molecule has 7 heteroatoms. The van der Waals surface area contributed by atoms with Gasteiger partial charge < -0.3 is 10.5 Å². The van der Waals surface area contributed by atoms with Crippen LogP contribution in [0, 0.1) is 11.3 Å². The van der Waals surface area contributed by atoms with Crippen LogP contribution in [0.1, 0.15) is 40.7 Å². The van der Waals surface area contributed by atoms with Crippen LogP contribution in [0.2, 0.25) is 0 Å². The van der Waals surface area contributed by atoms with Crippen LogP contribution in [0.15, 0.2) is 6.07 Å². The third-order valence-corrected chi connectivity index (χ3v) is 2.13. The van der Waals surface area contributed by atoms with Gasteiger partial charge in [0.1, 0.15) is 6.07 Å². The first kappa shape index (κ1) is 14.0. The molecule has 96 valence electrons. The molecular formula is C11H11F2N3O2. The predicted molar refractivity (Wildman–Crippen MR) is 57.8 cm³/mol. The van der Waals surface area contributed by atoms with Gasteiger partial charge in [0.25, 0.3) is 6.43 Å². The summed E-state index contributed by atoms with van der Waals surface area (Å²) in [4.78, 5) is 15.3. The van der Waals surface area contributed by atoms with E-state index in [0.29, 0.717) is 0 Å². The molecule has 1 heterocycles. The Morgan fingerprint density at radius 3 is 2.78 bits per heavy atom. The van der Waals surface area contributed by atoms with Crippen molar-refractivity contribution in [1.82, 2.24) is 4.98 Å².